The van der Waals surface area contributed by atoms with E-state index in [0.717, 1.165) is 0 Å². The Morgan fingerprint density at radius 3 is 2.50 bits per heavy atom. The second-order valence-corrected chi connectivity index (χ2v) is 3.84. The molecule has 0 aliphatic heterocycles. The van der Waals surface area contributed by atoms with E-state index in [0.29, 0.717) is 12.8 Å². The maximum atomic E-state index is 11.2. The molecule has 0 atom stereocenters. The second kappa shape index (κ2) is 2.59. The molecule has 0 fully saturated rings. The first kappa shape index (κ1) is 8.72. The Kier molecular flexibility index (Phi) is 1.89. The molecule has 0 amide bonds. The van der Waals surface area contributed by atoms with Crippen molar-refractivity contribution in [2.24, 2.45) is 5.41 Å². The minimum Gasteiger partial charge on any atom is -0.505 e. The van der Waals surface area contributed by atoms with Gasteiger partial charge in [0.2, 0.25) is 5.39 Å². The molecule has 0 aromatic heterocycles. The number of nitrogens with zero attached hydrogens (tertiary/aromatic N) is 2. The van der Waals surface area contributed by atoms with Gasteiger partial charge in [0.05, 0.1) is 0 Å². The number of aliphatic hydroxyl groups is 1. The fourth-order valence-electron chi connectivity index (χ4n) is 1.39. The second-order valence-electron chi connectivity index (χ2n) is 3.84. The zero-order valence-corrected chi connectivity index (χ0v) is 7.16. The number of allylic oxidation sites excluding steroid dienone is 2. The van der Waals surface area contributed by atoms with E-state index in [1.54, 1.807) is 0 Å². The Bertz CT molecular complexity index is 297. The first-order valence-corrected chi connectivity index (χ1v) is 3.77. The van der Waals surface area contributed by atoms with E-state index in [9.17, 15) is 9.90 Å². The van der Waals surface area contributed by atoms with Gasteiger partial charge in [-0.1, -0.05) is 13.8 Å². The highest BCUT2D eigenvalue weighted by Crippen LogP contribution is 2.35. The lowest BCUT2D eigenvalue weighted by molar-refractivity contribution is -0.118. The van der Waals surface area contributed by atoms with Crippen molar-refractivity contribution >= 4 is 5.78 Å². The molecule has 1 N–H and O–H groups in total. The number of Topliss-reactive ketones (excluding diaryl/α,β-unsaturated/α-hetero) is 1. The highest BCUT2D eigenvalue weighted by molar-refractivity contribution is 5.98. The van der Waals surface area contributed by atoms with E-state index >= 15 is 0 Å². The maximum Gasteiger partial charge on any atom is 0.464 e. The van der Waals surface area contributed by atoms with Gasteiger partial charge >= 0.3 is 5.70 Å². The van der Waals surface area contributed by atoms with Gasteiger partial charge in [0.25, 0.3) is 5.78 Å². The zero-order chi connectivity index (χ0) is 9.35. The molecule has 0 heterocycles. The predicted octanol–water partition coefficient (Wildman–Crippen LogP) is 2.00. The highest BCUT2D eigenvalue weighted by Gasteiger charge is 2.40. The number of diazo groups is 1. The summed E-state index contributed by atoms with van der Waals surface area (Å²) in [7, 11) is 0. The molecule has 1 aliphatic carbocycles. The van der Waals surface area contributed by atoms with Crippen molar-refractivity contribution < 1.29 is 9.90 Å². The number of carbonyl (C=O) groups excluding carboxylic acids is 1. The number of ketones is 1. The van der Waals surface area contributed by atoms with Crippen LogP contribution in [0.1, 0.15) is 26.7 Å². The molecule has 0 radical (unpaired) electrons. The maximum absolute atomic E-state index is 11.2. The summed E-state index contributed by atoms with van der Waals surface area (Å²) in [4.78, 5) is 13.9. The van der Waals surface area contributed by atoms with Gasteiger partial charge < -0.3 is 5.11 Å². The molecular formula is C8H11N2O2+. The summed E-state index contributed by atoms with van der Waals surface area (Å²) in [5.41, 5.74) is -0.413. The Morgan fingerprint density at radius 1 is 1.50 bits per heavy atom. The summed E-state index contributed by atoms with van der Waals surface area (Å²) in [6.07, 6.45) is 0.703. The van der Waals surface area contributed by atoms with Crippen molar-refractivity contribution in [1.29, 1.82) is 5.39 Å². The van der Waals surface area contributed by atoms with E-state index in [-0.39, 0.29) is 22.7 Å². The number of carbonyl (C=O) groups is 1. The van der Waals surface area contributed by atoms with Crippen LogP contribution in [0.25, 0.3) is 4.98 Å². The van der Waals surface area contributed by atoms with E-state index in [1.165, 1.54) is 0 Å². The van der Waals surface area contributed by atoms with Crippen LogP contribution in [0.15, 0.2) is 11.5 Å². The minimum atomic E-state index is -0.300. The number of aliphatic hydroxyl groups excluding tert-OH is 1. The summed E-state index contributed by atoms with van der Waals surface area (Å²) >= 11 is 0. The van der Waals surface area contributed by atoms with Gasteiger partial charge in [-0.25, -0.2) is 0 Å². The van der Waals surface area contributed by atoms with Crippen LogP contribution in [0.4, 0.5) is 0 Å². The Morgan fingerprint density at radius 2 is 2.08 bits per heavy atom. The number of hydrogen-bond acceptors (Lipinski definition) is 3. The largest absolute Gasteiger partial charge is 0.505 e. The standard InChI is InChI=1S/C8H10N2O2/c1-8(2)3-5(11)7(10-9)6(12)4-8/h3-4H2,1-2H3/p+1. The minimum absolute atomic E-state index is 0.112. The first-order valence-electron chi connectivity index (χ1n) is 3.77. The third kappa shape index (κ3) is 1.45. The number of rotatable bonds is 0. The van der Waals surface area contributed by atoms with Crippen LogP contribution in [-0.4, -0.2) is 10.9 Å². The summed E-state index contributed by atoms with van der Waals surface area (Å²) in [6.45, 7) is 3.77. The van der Waals surface area contributed by atoms with Crippen LogP contribution in [-0.2, 0) is 4.79 Å². The van der Waals surface area contributed by atoms with Crippen molar-refractivity contribution in [3.8, 4) is 0 Å². The smallest absolute Gasteiger partial charge is 0.464 e. The molecule has 0 unspecified atom stereocenters. The molecule has 0 saturated heterocycles. The molecule has 4 nitrogen and oxygen atoms in total. The van der Waals surface area contributed by atoms with E-state index in [2.05, 4.69) is 4.98 Å². The van der Waals surface area contributed by atoms with Crippen molar-refractivity contribution in [1.82, 2.24) is 0 Å². The fourth-order valence-corrected chi connectivity index (χ4v) is 1.39. The van der Waals surface area contributed by atoms with E-state index in [1.807, 2.05) is 13.8 Å². The average Bonchev–Trinajstić information content (AvgIpc) is 1.82. The molecular weight excluding hydrogens is 156 g/mol. The molecule has 0 aromatic carbocycles. The van der Waals surface area contributed by atoms with Crippen molar-refractivity contribution in [2.45, 2.75) is 26.7 Å². The lowest BCUT2D eigenvalue weighted by Crippen LogP contribution is -2.24. The van der Waals surface area contributed by atoms with Crippen LogP contribution in [0.2, 0.25) is 0 Å². The van der Waals surface area contributed by atoms with Gasteiger partial charge in [-0.3, -0.25) is 4.79 Å². The molecule has 0 bridgehead atoms. The van der Waals surface area contributed by atoms with Gasteiger partial charge in [-0.05, 0) is 5.41 Å². The van der Waals surface area contributed by atoms with Crippen LogP contribution in [0.3, 0.4) is 0 Å². The van der Waals surface area contributed by atoms with Crippen LogP contribution in [0, 0.1) is 10.8 Å². The molecule has 0 saturated carbocycles. The predicted molar refractivity (Wildman–Crippen MR) is 42.8 cm³/mol. The van der Waals surface area contributed by atoms with Gasteiger partial charge in [0.15, 0.2) is 10.7 Å². The Labute approximate surface area is 70.5 Å². The molecule has 0 aromatic rings. The number of hydrogen-bond donors (Lipinski definition) is 1. The third-order valence-electron chi connectivity index (χ3n) is 1.92. The van der Waals surface area contributed by atoms with E-state index in [4.69, 9.17) is 5.39 Å². The van der Waals surface area contributed by atoms with Crippen molar-refractivity contribution in [3.63, 3.8) is 0 Å². The summed E-state index contributed by atoms with van der Waals surface area (Å²) < 4.78 is 0. The van der Waals surface area contributed by atoms with Crippen LogP contribution >= 0.6 is 0 Å². The Balaban J connectivity index is 3.05. The third-order valence-corrected chi connectivity index (χ3v) is 1.92. The molecule has 1 rings (SSSR count). The SMILES string of the molecule is CC1(C)CC(=O)C([N+]#N)=C(O)C1. The first-order chi connectivity index (χ1) is 5.46. The lowest BCUT2D eigenvalue weighted by atomic mass is 9.78. The van der Waals surface area contributed by atoms with Crippen LogP contribution < -0.4 is 0 Å². The average molecular weight is 167 g/mol. The zero-order valence-electron chi connectivity index (χ0n) is 7.16. The monoisotopic (exact) mass is 167 g/mol. The highest BCUT2D eigenvalue weighted by atomic mass is 16.3. The fraction of sp³-hybridized carbons (Fsp3) is 0.625. The van der Waals surface area contributed by atoms with Crippen molar-refractivity contribution in [2.75, 3.05) is 0 Å². The topological polar surface area (TPSA) is 65.5 Å². The van der Waals surface area contributed by atoms with Gasteiger partial charge in [-0.15, -0.1) is 0 Å². The molecule has 12 heavy (non-hydrogen) atoms. The summed E-state index contributed by atoms with van der Waals surface area (Å²) in [5.74, 6) is -0.412. The summed E-state index contributed by atoms with van der Waals surface area (Å²) in [5, 5.41) is 17.7. The van der Waals surface area contributed by atoms with Crippen LogP contribution in [0.5, 0.6) is 0 Å². The molecule has 0 spiro atoms. The van der Waals surface area contributed by atoms with Gasteiger partial charge in [0.1, 0.15) is 0 Å². The quantitative estimate of drug-likeness (QED) is 0.561. The van der Waals surface area contributed by atoms with Crippen molar-refractivity contribution in [3.05, 3.63) is 16.4 Å². The Hall–Kier alpha value is -1.37. The van der Waals surface area contributed by atoms with Gasteiger partial charge in [0, 0.05) is 12.8 Å². The van der Waals surface area contributed by atoms with Gasteiger partial charge in [-0.2, -0.15) is 0 Å². The lowest BCUT2D eigenvalue weighted by Gasteiger charge is -2.24. The summed E-state index contributed by atoms with van der Waals surface area (Å²) in [6, 6.07) is 0. The normalized spacial score (nSPS) is 22.2. The molecule has 1 aliphatic rings. The molecule has 4 heteroatoms. The molecule has 64 valence electrons. The van der Waals surface area contributed by atoms with E-state index < -0.39 is 0 Å².